The smallest absolute Gasteiger partial charge is 0.320 e. The number of rotatable bonds is 5. The molecule has 0 unspecified atom stereocenters. The van der Waals surface area contributed by atoms with Crippen LogP contribution in [0.25, 0.3) is 0 Å². The summed E-state index contributed by atoms with van der Waals surface area (Å²) < 4.78 is 6.31. The molecule has 2 aromatic rings. The van der Waals surface area contributed by atoms with Crippen LogP contribution in [0.2, 0.25) is 5.02 Å². The minimum Gasteiger partial charge on any atom is -0.406 e. The number of nitrogens with one attached hydrogen (secondary N) is 2. The summed E-state index contributed by atoms with van der Waals surface area (Å²) in [5, 5.41) is 14.9. The van der Waals surface area contributed by atoms with E-state index in [1.165, 1.54) is 12.8 Å². The monoisotopic (exact) mass is 342 g/mol. The van der Waals surface area contributed by atoms with Gasteiger partial charge in [-0.05, 0) is 47.0 Å². The number of hydrogen-bond donors (Lipinski definition) is 2. The Hall–Kier alpha value is -1.11. The molecular weight excluding hydrogens is 332 g/mol. The lowest BCUT2D eigenvalue weighted by Crippen LogP contribution is -2.15. The van der Waals surface area contributed by atoms with Crippen LogP contribution >= 0.6 is 27.5 Å². The van der Waals surface area contributed by atoms with Gasteiger partial charge in [0.15, 0.2) is 0 Å². The first-order valence-corrected chi connectivity index (χ1v) is 7.15. The lowest BCUT2D eigenvalue weighted by Gasteiger charge is -2.02. The summed E-state index contributed by atoms with van der Waals surface area (Å²) >= 11 is 9.29. The van der Waals surface area contributed by atoms with Gasteiger partial charge in [-0.1, -0.05) is 16.7 Å². The number of anilines is 2. The van der Waals surface area contributed by atoms with Crippen molar-refractivity contribution in [1.82, 2.24) is 15.5 Å². The Kier molecular flexibility index (Phi) is 3.72. The van der Waals surface area contributed by atoms with Crippen molar-refractivity contribution in [3.63, 3.8) is 0 Å². The fraction of sp³-hybridized carbons (Fsp3) is 0.333. The molecule has 7 heteroatoms. The molecule has 0 amide bonds. The van der Waals surface area contributed by atoms with Gasteiger partial charge < -0.3 is 15.1 Å². The minimum atomic E-state index is 0.377. The average molecular weight is 344 g/mol. The topological polar surface area (TPSA) is 63.0 Å². The van der Waals surface area contributed by atoms with E-state index in [-0.39, 0.29) is 0 Å². The van der Waals surface area contributed by atoms with Crippen LogP contribution in [0.4, 0.5) is 11.7 Å². The maximum Gasteiger partial charge on any atom is 0.320 e. The molecule has 0 radical (unpaired) electrons. The van der Waals surface area contributed by atoms with Crippen molar-refractivity contribution in [3.8, 4) is 0 Å². The van der Waals surface area contributed by atoms with Gasteiger partial charge in [-0.2, -0.15) is 0 Å². The van der Waals surface area contributed by atoms with E-state index in [1.807, 2.05) is 12.1 Å². The van der Waals surface area contributed by atoms with E-state index in [1.54, 1.807) is 6.07 Å². The Labute approximate surface area is 123 Å². The Balaban J connectivity index is 1.63. The van der Waals surface area contributed by atoms with Gasteiger partial charge in [0.2, 0.25) is 5.89 Å². The summed E-state index contributed by atoms with van der Waals surface area (Å²) in [6.45, 7) is 0.615. The number of nitrogens with zero attached hydrogens (tertiary/aromatic N) is 2. The van der Waals surface area contributed by atoms with Gasteiger partial charge in [0, 0.05) is 16.2 Å². The second-order valence-electron chi connectivity index (χ2n) is 4.41. The maximum atomic E-state index is 5.93. The summed E-state index contributed by atoms with van der Waals surface area (Å²) in [5.74, 6) is 0.586. The molecule has 1 aliphatic rings. The molecule has 19 heavy (non-hydrogen) atoms. The van der Waals surface area contributed by atoms with Crippen LogP contribution in [-0.4, -0.2) is 16.2 Å². The van der Waals surface area contributed by atoms with Crippen molar-refractivity contribution in [1.29, 1.82) is 0 Å². The zero-order valence-electron chi connectivity index (χ0n) is 9.99. The number of aromatic nitrogens is 2. The summed E-state index contributed by atoms with van der Waals surface area (Å²) in [4.78, 5) is 0. The van der Waals surface area contributed by atoms with Gasteiger partial charge in [-0.25, -0.2) is 0 Å². The van der Waals surface area contributed by atoms with Crippen LogP contribution in [-0.2, 0) is 6.54 Å². The molecule has 0 saturated heterocycles. The van der Waals surface area contributed by atoms with Crippen molar-refractivity contribution in [3.05, 3.63) is 33.6 Å². The fourth-order valence-corrected chi connectivity index (χ4v) is 2.09. The number of halogens is 2. The van der Waals surface area contributed by atoms with Gasteiger partial charge in [0.05, 0.1) is 11.6 Å². The quantitative estimate of drug-likeness (QED) is 0.870. The second-order valence-corrected chi connectivity index (χ2v) is 5.67. The summed E-state index contributed by atoms with van der Waals surface area (Å²) in [7, 11) is 0. The highest BCUT2D eigenvalue weighted by Gasteiger charge is 2.21. The normalized spacial score (nSPS) is 14.6. The molecule has 5 nitrogen and oxygen atoms in total. The van der Waals surface area contributed by atoms with Gasteiger partial charge >= 0.3 is 6.01 Å². The standard InChI is InChI=1S/C12H12BrClN4O/c13-9-5-8(3-4-10(9)14)16-12-18-17-11(19-12)6-15-7-1-2-7/h3-5,7,15H,1-2,6H2,(H,16,18). The first-order valence-electron chi connectivity index (χ1n) is 5.98. The molecular formula is C12H12BrClN4O. The zero-order valence-corrected chi connectivity index (χ0v) is 12.3. The lowest BCUT2D eigenvalue weighted by molar-refractivity contribution is 0.478. The molecule has 1 saturated carbocycles. The molecule has 0 aliphatic heterocycles. The molecule has 0 bridgehead atoms. The van der Waals surface area contributed by atoms with Crippen molar-refractivity contribution < 1.29 is 4.42 Å². The number of benzene rings is 1. The van der Waals surface area contributed by atoms with E-state index in [2.05, 4.69) is 36.8 Å². The lowest BCUT2D eigenvalue weighted by atomic mass is 10.3. The first-order chi connectivity index (χ1) is 9.20. The van der Waals surface area contributed by atoms with E-state index in [0.717, 1.165) is 10.2 Å². The fourth-order valence-electron chi connectivity index (χ4n) is 1.59. The van der Waals surface area contributed by atoms with E-state index >= 15 is 0 Å². The minimum absolute atomic E-state index is 0.377. The Morgan fingerprint density at radius 3 is 2.95 bits per heavy atom. The van der Waals surface area contributed by atoms with Gasteiger partial charge in [0.25, 0.3) is 0 Å². The van der Waals surface area contributed by atoms with Gasteiger partial charge in [-0.3, -0.25) is 0 Å². The largest absolute Gasteiger partial charge is 0.406 e. The molecule has 2 N–H and O–H groups in total. The molecule has 0 spiro atoms. The van der Waals surface area contributed by atoms with Crippen LogP contribution < -0.4 is 10.6 Å². The molecule has 100 valence electrons. The maximum absolute atomic E-state index is 5.93. The second kappa shape index (κ2) is 5.48. The van der Waals surface area contributed by atoms with E-state index in [4.69, 9.17) is 16.0 Å². The molecule has 1 aromatic heterocycles. The Morgan fingerprint density at radius 2 is 2.21 bits per heavy atom. The van der Waals surface area contributed by atoms with Crippen LogP contribution in [0, 0.1) is 0 Å². The van der Waals surface area contributed by atoms with E-state index < -0.39 is 0 Å². The highest BCUT2D eigenvalue weighted by Crippen LogP contribution is 2.27. The third-order valence-electron chi connectivity index (χ3n) is 2.76. The predicted molar refractivity (Wildman–Crippen MR) is 76.6 cm³/mol. The van der Waals surface area contributed by atoms with Crippen LogP contribution in [0.5, 0.6) is 0 Å². The summed E-state index contributed by atoms with van der Waals surface area (Å²) in [6.07, 6.45) is 2.47. The first kappa shape index (κ1) is 12.9. The third kappa shape index (κ3) is 3.46. The summed E-state index contributed by atoms with van der Waals surface area (Å²) in [6, 6.07) is 6.49. The average Bonchev–Trinajstić information content (AvgIpc) is 3.12. The van der Waals surface area contributed by atoms with Gasteiger partial charge in [-0.15, -0.1) is 5.10 Å². The SMILES string of the molecule is Clc1ccc(Nc2nnc(CNC3CC3)o2)cc1Br. The highest BCUT2D eigenvalue weighted by molar-refractivity contribution is 9.10. The molecule has 1 aromatic carbocycles. The van der Waals surface area contributed by atoms with Crippen LogP contribution in [0.1, 0.15) is 18.7 Å². The van der Waals surface area contributed by atoms with E-state index in [0.29, 0.717) is 29.5 Å². The molecule has 1 aliphatic carbocycles. The predicted octanol–water partition coefficient (Wildman–Crippen LogP) is 3.48. The molecule has 1 fully saturated rings. The van der Waals surface area contributed by atoms with Crippen molar-refractivity contribution >= 4 is 39.2 Å². The zero-order chi connectivity index (χ0) is 13.2. The molecule has 3 rings (SSSR count). The van der Waals surface area contributed by atoms with Crippen LogP contribution in [0.15, 0.2) is 27.1 Å². The molecule has 0 atom stereocenters. The molecule has 1 heterocycles. The Bertz CT molecular complexity index is 585. The summed E-state index contributed by atoms with van der Waals surface area (Å²) in [5.41, 5.74) is 0.835. The van der Waals surface area contributed by atoms with Crippen molar-refractivity contribution in [2.75, 3.05) is 5.32 Å². The van der Waals surface area contributed by atoms with Crippen molar-refractivity contribution in [2.24, 2.45) is 0 Å². The highest BCUT2D eigenvalue weighted by atomic mass is 79.9. The number of hydrogen-bond acceptors (Lipinski definition) is 5. The van der Waals surface area contributed by atoms with Gasteiger partial charge in [0.1, 0.15) is 0 Å². The van der Waals surface area contributed by atoms with Crippen LogP contribution in [0.3, 0.4) is 0 Å². The van der Waals surface area contributed by atoms with E-state index in [9.17, 15) is 0 Å². The van der Waals surface area contributed by atoms with Crippen molar-refractivity contribution in [2.45, 2.75) is 25.4 Å². The third-order valence-corrected chi connectivity index (χ3v) is 3.97. The Morgan fingerprint density at radius 1 is 1.37 bits per heavy atom.